The summed E-state index contributed by atoms with van der Waals surface area (Å²) in [4.78, 5) is 0. The maximum absolute atomic E-state index is 3.80. The molecule has 11 heavy (non-hydrogen) atoms. The smallest absolute Gasteiger partial charge is 0.358 e. The summed E-state index contributed by atoms with van der Waals surface area (Å²) in [5.41, 5.74) is 0. The van der Waals surface area contributed by atoms with Crippen molar-refractivity contribution < 1.29 is 17.1 Å². The Kier molecular flexibility index (Phi) is 26.9. The van der Waals surface area contributed by atoms with Crippen LogP contribution in [-0.2, 0) is 17.1 Å². The van der Waals surface area contributed by atoms with E-state index >= 15 is 0 Å². The first kappa shape index (κ1) is 17.6. The summed E-state index contributed by atoms with van der Waals surface area (Å²) < 4.78 is 0. The SMILES string of the molecule is [CH2-]CCCCCCCC.[CH3-].[Cu+2]. The second kappa shape index (κ2) is 16.9. The Bertz CT molecular complexity index is 38.1. The standard InChI is InChI=1S/C9H19.CH3.Cu/c1-3-5-7-9-8-6-4-2;;/h1,3-9H2,2H3;1H3;/q2*-1;+2. The second-order valence-electron chi connectivity index (χ2n) is 2.62. The quantitative estimate of drug-likeness (QED) is 0.349. The summed E-state index contributed by atoms with van der Waals surface area (Å²) in [7, 11) is 0. The average molecular weight is 206 g/mol. The van der Waals surface area contributed by atoms with E-state index in [4.69, 9.17) is 0 Å². The summed E-state index contributed by atoms with van der Waals surface area (Å²) >= 11 is 0. The average Bonchev–Trinajstić information content (AvgIpc) is 1.89. The molecule has 0 aromatic rings. The summed E-state index contributed by atoms with van der Waals surface area (Å²) in [5.74, 6) is 0. The molecule has 1 radical (unpaired) electrons. The maximum Gasteiger partial charge on any atom is 2.00 e. The number of hydrogen-bond acceptors (Lipinski definition) is 0. The zero-order chi connectivity index (χ0) is 6.95. The van der Waals surface area contributed by atoms with Crippen LogP contribution in [0.2, 0.25) is 0 Å². The van der Waals surface area contributed by atoms with E-state index in [9.17, 15) is 0 Å². The minimum absolute atomic E-state index is 0. The Labute approximate surface area is 83.6 Å². The van der Waals surface area contributed by atoms with Crippen molar-refractivity contribution >= 4 is 0 Å². The fraction of sp³-hybridized carbons (Fsp3) is 0.800. The summed E-state index contributed by atoms with van der Waals surface area (Å²) in [6.07, 6.45) is 9.45. The van der Waals surface area contributed by atoms with Crippen LogP contribution < -0.4 is 0 Å². The summed E-state index contributed by atoms with van der Waals surface area (Å²) in [5, 5.41) is 0. The number of unbranched alkanes of at least 4 members (excludes halogenated alkanes) is 6. The van der Waals surface area contributed by atoms with Crippen molar-refractivity contribution in [3.8, 4) is 0 Å². The first-order valence-corrected chi connectivity index (χ1v) is 4.21. The Morgan fingerprint density at radius 2 is 1.36 bits per heavy atom. The Balaban J connectivity index is -0.000000320. The third-order valence-corrected chi connectivity index (χ3v) is 1.60. The van der Waals surface area contributed by atoms with Crippen LogP contribution in [0.5, 0.6) is 0 Å². The number of hydrogen-bond donors (Lipinski definition) is 0. The zero-order valence-corrected chi connectivity index (χ0v) is 8.90. The molecule has 0 nitrogen and oxygen atoms in total. The first-order chi connectivity index (χ1) is 4.41. The predicted octanol–water partition coefficient (Wildman–Crippen LogP) is 4.02. The molecule has 0 aromatic carbocycles. The van der Waals surface area contributed by atoms with E-state index in [1.807, 2.05) is 0 Å². The van der Waals surface area contributed by atoms with Crippen LogP contribution >= 0.6 is 0 Å². The topological polar surface area (TPSA) is 0 Å². The van der Waals surface area contributed by atoms with Crippen LogP contribution in [0.4, 0.5) is 0 Å². The van der Waals surface area contributed by atoms with Gasteiger partial charge in [0.1, 0.15) is 0 Å². The van der Waals surface area contributed by atoms with E-state index in [0.717, 1.165) is 6.42 Å². The van der Waals surface area contributed by atoms with Gasteiger partial charge in [0.05, 0.1) is 0 Å². The molecule has 0 heterocycles. The van der Waals surface area contributed by atoms with E-state index < -0.39 is 0 Å². The molecule has 0 saturated carbocycles. The van der Waals surface area contributed by atoms with Crippen molar-refractivity contribution in [1.82, 2.24) is 0 Å². The fourth-order valence-electron chi connectivity index (χ4n) is 0.957. The molecule has 73 valence electrons. The third kappa shape index (κ3) is 18.0. The van der Waals surface area contributed by atoms with E-state index in [2.05, 4.69) is 13.8 Å². The molecule has 0 N–H and O–H groups in total. The van der Waals surface area contributed by atoms with Gasteiger partial charge in [-0.15, -0.1) is 0 Å². The Hall–Kier alpha value is 0.519. The van der Waals surface area contributed by atoms with Gasteiger partial charge in [-0.25, -0.2) is 0 Å². The van der Waals surface area contributed by atoms with Gasteiger partial charge in [0.2, 0.25) is 0 Å². The molecule has 0 atom stereocenters. The van der Waals surface area contributed by atoms with Crippen molar-refractivity contribution in [1.29, 1.82) is 0 Å². The van der Waals surface area contributed by atoms with Gasteiger partial charge in [0, 0.05) is 0 Å². The Morgan fingerprint density at radius 3 is 1.82 bits per heavy atom. The molecule has 0 spiro atoms. The molecular formula is C10H22Cu. The van der Waals surface area contributed by atoms with Crippen molar-refractivity contribution in [2.75, 3.05) is 0 Å². The fourth-order valence-corrected chi connectivity index (χ4v) is 0.957. The molecular weight excluding hydrogens is 184 g/mol. The van der Waals surface area contributed by atoms with Crippen molar-refractivity contribution in [3.05, 3.63) is 14.4 Å². The van der Waals surface area contributed by atoms with Crippen LogP contribution in [0.1, 0.15) is 51.9 Å². The van der Waals surface area contributed by atoms with Gasteiger partial charge >= 0.3 is 17.1 Å². The third-order valence-electron chi connectivity index (χ3n) is 1.60. The van der Waals surface area contributed by atoms with E-state index in [1.165, 1.54) is 38.5 Å². The van der Waals surface area contributed by atoms with Gasteiger partial charge in [-0.2, -0.15) is 6.42 Å². The van der Waals surface area contributed by atoms with Crippen LogP contribution in [0.15, 0.2) is 0 Å². The van der Waals surface area contributed by atoms with Crippen molar-refractivity contribution in [2.24, 2.45) is 0 Å². The zero-order valence-electron chi connectivity index (χ0n) is 7.96. The summed E-state index contributed by atoms with van der Waals surface area (Å²) in [6, 6.07) is 0. The van der Waals surface area contributed by atoms with Crippen molar-refractivity contribution in [2.45, 2.75) is 51.9 Å². The van der Waals surface area contributed by atoms with Crippen LogP contribution in [0.25, 0.3) is 0 Å². The molecule has 1 heteroatoms. The minimum atomic E-state index is 0. The molecule has 0 rings (SSSR count). The molecule has 0 saturated heterocycles. The predicted molar refractivity (Wildman–Crippen MR) is 49.8 cm³/mol. The summed E-state index contributed by atoms with van der Waals surface area (Å²) in [6.45, 7) is 6.05. The number of rotatable bonds is 6. The van der Waals surface area contributed by atoms with E-state index in [-0.39, 0.29) is 24.5 Å². The van der Waals surface area contributed by atoms with Crippen LogP contribution in [0, 0.1) is 14.4 Å². The minimum Gasteiger partial charge on any atom is -0.358 e. The van der Waals surface area contributed by atoms with E-state index in [1.54, 1.807) is 0 Å². The Morgan fingerprint density at radius 1 is 0.909 bits per heavy atom. The molecule has 0 fully saturated rings. The second-order valence-corrected chi connectivity index (χ2v) is 2.62. The molecule has 0 bridgehead atoms. The molecule has 0 aliphatic heterocycles. The molecule has 0 aliphatic carbocycles. The van der Waals surface area contributed by atoms with Gasteiger partial charge < -0.3 is 14.4 Å². The maximum atomic E-state index is 3.80. The van der Waals surface area contributed by atoms with Gasteiger partial charge in [-0.1, -0.05) is 45.4 Å². The van der Waals surface area contributed by atoms with Gasteiger partial charge in [0.25, 0.3) is 0 Å². The molecule has 0 aliphatic rings. The van der Waals surface area contributed by atoms with Gasteiger partial charge in [-0.3, -0.25) is 0 Å². The van der Waals surface area contributed by atoms with Crippen LogP contribution in [-0.4, -0.2) is 0 Å². The molecule has 0 amide bonds. The monoisotopic (exact) mass is 205 g/mol. The largest absolute Gasteiger partial charge is 2.00 e. The van der Waals surface area contributed by atoms with Gasteiger partial charge in [0.15, 0.2) is 0 Å². The first-order valence-electron chi connectivity index (χ1n) is 4.21. The normalized spacial score (nSPS) is 8.18. The van der Waals surface area contributed by atoms with Crippen molar-refractivity contribution in [3.63, 3.8) is 0 Å². The van der Waals surface area contributed by atoms with Gasteiger partial charge in [-0.05, 0) is 0 Å². The van der Waals surface area contributed by atoms with Crippen LogP contribution in [0.3, 0.4) is 0 Å². The molecule has 0 unspecified atom stereocenters. The molecule has 0 aromatic heterocycles. The van der Waals surface area contributed by atoms with E-state index in [0.29, 0.717) is 0 Å².